The first-order valence-electron chi connectivity index (χ1n) is 9.74. The third kappa shape index (κ3) is 5.85. The highest BCUT2D eigenvalue weighted by Crippen LogP contribution is 2.48. The molecule has 3 N–H and O–H groups in total. The maximum absolute atomic E-state index is 12.8. The predicted molar refractivity (Wildman–Crippen MR) is 127 cm³/mol. The molecule has 1 amide bonds. The van der Waals surface area contributed by atoms with Crippen molar-refractivity contribution in [2.45, 2.75) is 11.8 Å². The van der Waals surface area contributed by atoms with E-state index in [2.05, 4.69) is 10.3 Å². The fourth-order valence-corrected chi connectivity index (χ4v) is 6.77. The molecule has 1 heterocycles. The summed E-state index contributed by atoms with van der Waals surface area (Å²) in [6, 6.07) is 14.8. The van der Waals surface area contributed by atoms with E-state index in [1.807, 2.05) is 31.2 Å². The van der Waals surface area contributed by atoms with Crippen LogP contribution in [0.15, 0.2) is 65.7 Å². The van der Waals surface area contributed by atoms with Gasteiger partial charge in [-0.2, -0.15) is 0 Å². The highest BCUT2D eigenvalue weighted by molar-refractivity contribution is 7.97. The number of benzene rings is 2. The third-order valence-electron chi connectivity index (χ3n) is 4.90. The van der Waals surface area contributed by atoms with E-state index in [-0.39, 0.29) is 16.3 Å². The Labute approximate surface area is 192 Å². The number of hydrogen-bond acceptors (Lipinski definition) is 8. The van der Waals surface area contributed by atoms with Gasteiger partial charge in [0.05, 0.1) is 10.5 Å². The number of aromatic nitrogens is 1. The summed E-state index contributed by atoms with van der Waals surface area (Å²) in [6.07, 6.45) is 1.59. The summed E-state index contributed by atoms with van der Waals surface area (Å²) >= 11 is 0. The van der Waals surface area contributed by atoms with Gasteiger partial charge in [-0.3, -0.25) is 9.36 Å². The first kappa shape index (κ1) is 24.6. The van der Waals surface area contributed by atoms with Crippen molar-refractivity contribution in [1.82, 2.24) is 4.98 Å². The number of sulfone groups is 1. The van der Waals surface area contributed by atoms with Gasteiger partial charge in [-0.1, -0.05) is 29.8 Å². The molecule has 0 aliphatic carbocycles. The SMILES string of the molecule is COP(=O)(CS(=O)(=O)c1ccc(NC(=O)c2cc(-c3ccc(C)cc3)cnc2N)cc1)OC. The molecule has 33 heavy (non-hydrogen) atoms. The van der Waals surface area contributed by atoms with Crippen LogP contribution in [0.4, 0.5) is 11.5 Å². The summed E-state index contributed by atoms with van der Waals surface area (Å²) in [6.45, 7) is 1.98. The Bertz CT molecular complexity index is 1300. The average Bonchev–Trinajstić information content (AvgIpc) is 2.80. The van der Waals surface area contributed by atoms with Crippen LogP contribution in [0.25, 0.3) is 11.1 Å². The fraction of sp³-hybridized carbons (Fsp3) is 0.182. The van der Waals surface area contributed by atoms with Gasteiger partial charge in [0, 0.05) is 31.7 Å². The summed E-state index contributed by atoms with van der Waals surface area (Å²) in [5.41, 5.74) is 8.38. The average molecular weight is 489 g/mol. The number of pyridine rings is 1. The largest absolute Gasteiger partial charge is 0.383 e. The molecular formula is C22H24N3O6PS. The van der Waals surface area contributed by atoms with E-state index in [1.54, 1.807) is 12.3 Å². The topological polar surface area (TPSA) is 138 Å². The van der Waals surface area contributed by atoms with Gasteiger partial charge in [0.25, 0.3) is 5.91 Å². The van der Waals surface area contributed by atoms with E-state index in [0.717, 1.165) is 30.9 Å². The molecule has 174 valence electrons. The van der Waals surface area contributed by atoms with Crippen molar-refractivity contribution in [3.05, 3.63) is 71.9 Å². The number of anilines is 2. The minimum atomic E-state index is -3.94. The molecule has 0 saturated heterocycles. The van der Waals surface area contributed by atoms with Crippen LogP contribution < -0.4 is 11.1 Å². The van der Waals surface area contributed by atoms with Crippen molar-refractivity contribution in [3.63, 3.8) is 0 Å². The molecule has 0 atom stereocenters. The highest BCUT2D eigenvalue weighted by Gasteiger charge is 2.31. The Balaban J connectivity index is 1.79. The van der Waals surface area contributed by atoms with Crippen molar-refractivity contribution in [2.75, 3.05) is 30.8 Å². The van der Waals surface area contributed by atoms with Gasteiger partial charge in [0.2, 0.25) is 0 Å². The van der Waals surface area contributed by atoms with E-state index < -0.39 is 28.8 Å². The maximum Gasteiger partial charge on any atom is 0.345 e. The Morgan fingerprint density at radius 1 is 1.03 bits per heavy atom. The van der Waals surface area contributed by atoms with Crippen molar-refractivity contribution in [2.24, 2.45) is 0 Å². The molecular weight excluding hydrogens is 465 g/mol. The monoisotopic (exact) mass is 489 g/mol. The minimum absolute atomic E-state index is 0.0671. The van der Waals surface area contributed by atoms with Gasteiger partial charge in [-0.25, -0.2) is 13.4 Å². The molecule has 2 aromatic carbocycles. The number of nitrogen functional groups attached to an aromatic ring is 1. The molecule has 9 nitrogen and oxygen atoms in total. The normalized spacial score (nSPS) is 11.8. The second-order valence-electron chi connectivity index (χ2n) is 7.22. The zero-order valence-corrected chi connectivity index (χ0v) is 20.0. The summed E-state index contributed by atoms with van der Waals surface area (Å²) in [5.74, 6) is -0.426. The van der Waals surface area contributed by atoms with Crippen LogP contribution in [0.2, 0.25) is 0 Å². The summed E-state index contributed by atoms with van der Waals surface area (Å²) in [4.78, 5) is 16.8. The van der Waals surface area contributed by atoms with Crippen molar-refractivity contribution in [1.29, 1.82) is 0 Å². The standard InChI is InChI=1S/C22H24N3O6PS/c1-15-4-6-16(7-5-15)17-12-20(21(23)24-13-17)22(26)25-18-8-10-19(11-9-18)33(28,29)14-32(27,30-2)31-3/h4-13H,14H2,1-3H3,(H2,23,24)(H,25,26). The third-order valence-corrected chi connectivity index (χ3v) is 9.63. The van der Waals surface area contributed by atoms with E-state index in [4.69, 9.17) is 14.8 Å². The maximum atomic E-state index is 12.8. The van der Waals surface area contributed by atoms with Crippen LogP contribution in [0.3, 0.4) is 0 Å². The van der Waals surface area contributed by atoms with Gasteiger partial charge < -0.3 is 20.1 Å². The number of rotatable bonds is 8. The molecule has 3 aromatic rings. The number of carbonyl (C=O) groups is 1. The van der Waals surface area contributed by atoms with Crippen LogP contribution in [0.5, 0.6) is 0 Å². The molecule has 0 fully saturated rings. The number of nitrogens with two attached hydrogens (primary N) is 1. The van der Waals surface area contributed by atoms with E-state index >= 15 is 0 Å². The van der Waals surface area contributed by atoms with Gasteiger partial charge in [-0.15, -0.1) is 0 Å². The summed E-state index contributed by atoms with van der Waals surface area (Å²) < 4.78 is 46.6. The number of nitrogens with zero attached hydrogens (tertiary/aromatic N) is 1. The Morgan fingerprint density at radius 3 is 2.21 bits per heavy atom. The molecule has 0 unspecified atom stereocenters. The molecule has 1 aromatic heterocycles. The lowest BCUT2D eigenvalue weighted by molar-refractivity contribution is 0.102. The van der Waals surface area contributed by atoms with Crippen LogP contribution in [-0.4, -0.2) is 39.0 Å². The van der Waals surface area contributed by atoms with Gasteiger partial charge in [-0.05, 0) is 42.8 Å². The molecule has 11 heteroatoms. The predicted octanol–water partition coefficient (Wildman–Crippen LogP) is 4.11. The number of hydrogen-bond donors (Lipinski definition) is 2. The molecule has 0 bridgehead atoms. The van der Waals surface area contributed by atoms with Crippen LogP contribution >= 0.6 is 7.60 Å². The van der Waals surface area contributed by atoms with Crippen molar-refractivity contribution in [3.8, 4) is 11.1 Å². The number of amides is 1. The molecule has 3 rings (SSSR count). The Morgan fingerprint density at radius 2 is 1.64 bits per heavy atom. The second kappa shape index (κ2) is 9.84. The number of aryl methyl sites for hydroxylation is 1. The van der Waals surface area contributed by atoms with Crippen molar-refractivity contribution < 1.29 is 26.8 Å². The Kier molecular flexibility index (Phi) is 7.34. The summed E-state index contributed by atoms with van der Waals surface area (Å²) in [7, 11) is -5.47. The van der Waals surface area contributed by atoms with Crippen LogP contribution in [0, 0.1) is 6.92 Å². The van der Waals surface area contributed by atoms with Gasteiger partial charge in [0.1, 0.15) is 5.82 Å². The smallest absolute Gasteiger partial charge is 0.345 e. The molecule has 0 spiro atoms. The molecule has 0 radical (unpaired) electrons. The van der Waals surface area contributed by atoms with Crippen molar-refractivity contribution >= 4 is 34.8 Å². The zero-order chi connectivity index (χ0) is 24.2. The highest BCUT2D eigenvalue weighted by atomic mass is 32.2. The molecule has 0 aliphatic rings. The van der Waals surface area contributed by atoms with Gasteiger partial charge in [0.15, 0.2) is 15.3 Å². The zero-order valence-electron chi connectivity index (χ0n) is 18.3. The van der Waals surface area contributed by atoms with Gasteiger partial charge >= 0.3 is 7.60 Å². The summed E-state index contributed by atoms with van der Waals surface area (Å²) in [5, 5.41) is 2.68. The van der Waals surface area contributed by atoms with Crippen LogP contribution in [-0.2, 0) is 23.4 Å². The van der Waals surface area contributed by atoms with E-state index in [0.29, 0.717) is 5.69 Å². The molecule has 0 aliphatic heterocycles. The lowest BCUT2D eigenvalue weighted by Crippen LogP contribution is -2.15. The molecule has 0 saturated carbocycles. The number of carbonyl (C=O) groups excluding carboxylic acids is 1. The fourth-order valence-electron chi connectivity index (χ4n) is 2.97. The van der Waals surface area contributed by atoms with E-state index in [9.17, 15) is 17.8 Å². The van der Waals surface area contributed by atoms with Crippen LogP contribution in [0.1, 0.15) is 15.9 Å². The first-order valence-corrected chi connectivity index (χ1v) is 13.1. The number of nitrogens with one attached hydrogen (secondary N) is 1. The first-order chi connectivity index (χ1) is 15.6. The minimum Gasteiger partial charge on any atom is -0.383 e. The second-order valence-corrected chi connectivity index (χ2v) is 11.9. The quantitative estimate of drug-likeness (QED) is 0.451. The lowest BCUT2D eigenvalue weighted by atomic mass is 10.0. The Hall–Kier alpha value is -3.04. The van der Waals surface area contributed by atoms with E-state index in [1.165, 1.54) is 24.3 Å². The lowest BCUT2D eigenvalue weighted by Gasteiger charge is -2.14.